The number of hydrazine groups is 1. The molecular formula is C46H59N7O5S. The number of likely N-dealkylation sites (N-methyl/N-ethyl adjacent to an activating group) is 1. The molecule has 5 fully saturated rings. The van der Waals surface area contributed by atoms with Gasteiger partial charge in [0.2, 0.25) is 5.91 Å². The third kappa shape index (κ3) is 7.57. The number of aromatic nitrogens is 2. The minimum absolute atomic E-state index is 0.0159. The van der Waals surface area contributed by atoms with E-state index < -0.39 is 17.5 Å². The predicted octanol–water partition coefficient (Wildman–Crippen LogP) is 6.21. The van der Waals surface area contributed by atoms with Crippen LogP contribution in [0.2, 0.25) is 0 Å². The number of ether oxygens (including phenoxy) is 2. The van der Waals surface area contributed by atoms with Crippen molar-refractivity contribution in [1.29, 1.82) is 0 Å². The maximum atomic E-state index is 14.4. The van der Waals surface area contributed by atoms with Crippen LogP contribution in [0.4, 0.5) is 5.69 Å². The zero-order valence-corrected chi connectivity index (χ0v) is 36.4. The van der Waals surface area contributed by atoms with E-state index in [0.29, 0.717) is 18.8 Å². The van der Waals surface area contributed by atoms with Crippen molar-refractivity contribution in [3.8, 4) is 22.4 Å². The van der Waals surface area contributed by atoms with Gasteiger partial charge in [-0.3, -0.25) is 24.4 Å². The standard InChI is InChI=1S/C46H59N7O5S/c1-8-52-39-10-9-28-19-35(39)37(42(52)36-20-32(23-47-40(36)27(3)57-7)51-13-11-50(6)12-14-51)22-46(4,5)25-58-45(56)41-29-16-31(17-29)53(49-41)44(55)38(21-33-18-30(28)24-59-33)48-43(54)34-15-26(34)2/h9-10,18-20,23-24,26-27,29,31,34,38,41,49H,8,11-17,21-22,25H2,1-7H3,(H,48,54)/t26-,27-,29?,31?,34?,38-,41+/m0/s1. The highest BCUT2D eigenvalue weighted by molar-refractivity contribution is 7.10. The normalized spacial score (nSPS) is 27.5. The lowest BCUT2D eigenvalue weighted by Crippen LogP contribution is -2.71. The molecule has 314 valence electrons. The molecule has 1 aromatic carbocycles. The van der Waals surface area contributed by atoms with Crippen molar-refractivity contribution in [2.45, 2.75) is 97.5 Å². The number of hydrogen-bond donors (Lipinski definition) is 2. The van der Waals surface area contributed by atoms with Gasteiger partial charge in [0.15, 0.2) is 0 Å². The summed E-state index contributed by atoms with van der Waals surface area (Å²) in [6, 6.07) is 9.82. The SMILES string of the molecule is CCn1c(-c2cc(N3CCN(C)CC3)cnc2[C@H](C)OC)c2c3cc(ccc31)-c1csc(c1)C[C@H](NC(=O)C1C[C@@H]1C)C(=O)N1N[C@@H](C(=O)OCC(C)(C)C2)C2CC1C2. The maximum absolute atomic E-state index is 14.4. The van der Waals surface area contributed by atoms with Crippen LogP contribution in [0, 0.1) is 23.2 Å². The molecule has 1 unspecified atom stereocenters. The highest BCUT2D eigenvalue weighted by atomic mass is 32.1. The van der Waals surface area contributed by atoms with Gasteiger partial charge >= 0.3 is 5.97 Å². The summed E-state index contributed by atoms with van der Waals surface area (Å²) in [5.41, 5.74) is 11.5. The fourth-order valence-electron chi connectivity index (χ4n) is 9.77. The van der Waals surface area contributed by atoms with Crippen LogP contribution >= 0.6 is 11.3 Å². The van der Waals surface area contributed by atoms with Gasteiger partial charge in [-0.1, -0.05) is 26.8 Å². The summed E-state index contributed by atoms with van der Waals surface area (Å²) < 4.78 is 14.6. The number of piperazine rings is 1. The first-order valence-corrected chi connectivity index (χ1v) is 22.5. The van der Waals surface area contributed by atoms with Gasteiger partial charge in [0.25, 0.3) is 5.91 Å². The average Bonchev–Trinajstić information content (AvgIpc) is 3.64. The molecule has 3 aromatic heterocycles. The number of pyridine rings is 1. The molecule has 5 atom stereocenters. The molecule has 0 spiro atoms. The third-order valence-corrected chi connectivity index (χ3v) is 14.7. The number of thiophene rings is 1. The van der Waals surface area contributed by atoms with E-state index in [1.165, 1.54) is 5.56 Å². The van der Waals surface area contributed by atoms with E-state index in [1.54, 1.807) is 23.5 Å². The second kappa shape index (κ2) is 15.6. The Hall–Kier alpha value is -4.30. The molecule has 13 heteroatoms. The number of nitrogens with zero attached hydrogens (tertiary/aromatic N) is 5. The van der Waals surface area contributed by atoms with Crippen LogP contribution in [0.3, 0.4) is 0 Å². The summed E-state index contributed by atoms with van der Waals surface area (Å²) in [5, 5.41) is 8.09. The Labute approximate surface area is 351 Å². The molecule has 2 aliphatic carbocycles. The van der Waals surface area contributed by atoms with Gasteiger partial charge in [-0.15, -0.1) is 11.3 Å². The lowest BCUT2D eigenvalue weighted by atomic mass is 9.73. The monoisotopic (exact) mass is 821 g/mol. The minimum atomic E-state index is -0.755. The van der Waals surface area contributed by atoms with Gasteiger partial charge in [0, 0.05) is 85.0 Å². The smallest absolute Gasteiger partial charge is 0.325 e. The Morgan fingerprint density at radius 2 is 1.86 bits per heavy atom. The molecule has 3 saturated heterocycles. The molecule has 8 bridgehead atoms. The van der Waals surface area contributed by atoms with E-state index in [-0.39, 0.29) is 48.4 Å². The van der Waals surface area contributed by atoms with Gasteiger partial charge in [-0.05, 0) is 105 Å². The molecule has 6 aliphatic rings. The van der Waals surface area contributed by atoms with E-state index in [0.717, 1.165) is 102 Å². The van der Waals surface area contributed by atoms with E-state index in [4.69, 9.17) is 14.5 Å². The Morgan fingerprint density at radius 3 is 2.58 bits per heavy atom. The number of aryl methyl sites for hydroxylation is 1. The number of fused-ring (bicyclic) bond motifs is 4. The molecule has 12 nitrogen and oxygen atoms in total. The van der Waals surface area contributed by atoms with Crippen LogP contribution in [0.1, 0.15) is 76.1 Å². The Bertz CT molecular complexity index is 2270. The van der Waals surface area contributed by atoms with Crippen LogP contribution in [0.15, 0.2) is 41.9 Å². The number of carbonyl (C=O) groups excluding carboxylic acids is 3. The number of methoxy groups -OCH3 is 1. The predicted molar refractivity (Wildman–Crippen MR) is 231 cm³/mol. The molecule has 59 heavy (non-hydrogen) atoms. The van der Waals surface area contributed by atoms with Gasteiger partial charge in [-0.2, -0.15) is 0 Å². The van der Waals surface area contributed by atoms with Crippen molar-refractivity contribution >= 4 is 45.7 Å². The second-order valence-corrected chi connectivity index (χ2v) is 19.6. The van der Waals surface area contributed by atoms with E-state index >= 15 is 0 Å². The zero-order chi connectivity index (χ0) is 41.3. The number of esters is 1. The lowest BCUT2D eigenvalue weighted by molar-refractivity contribution is -0.171. The highest BCUT2D eigenvalue weighted by Crippen LogP contribution is 2.44. The molecule has 4 aliphatic heterocycles. The summed E-state index contributed by atoms with van der Waals surface area (Å²) in [6.07, 6.45) is 5.08. The first-order chi connectivity index (χ1) is 28.3. The van der Waals surface area contributed by atoms with Gasteiger partial charge in [-0.25, -0.2) is 5.43 Å². The molecule has 2 N–H and O–H groups in total. The minimum Gasteiger partial charge on any atom is -0.464 e. The number of carbonyl (C=O) groups is 3. The Balaban J connectivity index is 1.17. The third-order valence-electron chi connectivity index (χ3n) is 13.7. The number of nitrogens with one attached hydrogen (secondary N) is 2. The average molecular weight is 822 g/mol. The maximum Gasteiger partial charge on any atom is 0.325 e. The molecule has 7 heterocycles. The molecular weight excluding hydrogens is 763 g/mol. The summed E-state index contributed by atoms with van der Waals surface area (Å²) in [4.78, 5) is 52.7. The van der Waals surface area contributed by atoms with Crippen molar-refractivity contribution in [3.63, 3.8) is 0 Å². The quantitative estimate of drug-likeness (QED) is 0.210. The van der Waals surface area contributed by atoms with Crippen LogP contribution < -0.4 is 15.6 Å². The molecule has 0 radical (unpaired) electrons. The Morgan fingerprint density at radius 1 is 1.10 bits per heavy atom. The fourth-order valence-corrected chi connectivity index (χ4v) is 10.7. The fraction of sp³-hybridized carbons (Fsp3) is 0.565. The first-order valence-electron chi connectivity index (χ1n) is 21.6. The molecule has 2 amide bonds. The van der Waals surface area contributed by atoms with E-state index in [2.05, 4.69) is 102 Å². The van der Waals surface area contributed by atoms with Gasteiger partial charge in [0.05, 0.1) is 36.0 Å². The van der Waals surface area contributed by atoms with Crippen molar-refractivity contribution in [2.24, 2.45) is 23.2 Å². The number of cyclic esters (lactones) is 1. The first kappa shape index (κ1) is 40.1. The molecule has 4 aromatic rings. The van der Waals surface area contributed by atoms with Crippen LogP contribution in [-0.4, -0.2) is 102 Å². The lowest BCUT2D eigenvalue weighted by Gasteiger charge is -2.53. The van der Waals surface area contributed by atoms with Gasteiger partial charge in [0.1, 0.15) is 12.1 Å². The number of anilines is 1. The number of hydrogen-bond acceptors (Lipinski definition) is 10. The van der Waals surface area contributed by atoms with Crippen LogP contribution in [-0.2, 0) is 43.2 Å². The largest absolute Gasteiger partial charge is 0.464 e. The van der Waals surface area contributed by atoms with Crippen molar-refractivity contribution in [2.75, 3.05) is 51.8 Å². The summed E-state index contributed by atoms with van der Waals surface area (Å²) in [7, 11) is 3.91. The van der Waals surface area contributed by atoms with Crippen molar-refractivity contribution < 1.29 is 23.9 Å². The topological polar surface area (TPSA) is 121 Å². The highest BCUT2D eigenvalue weighted by Gasteiger charge is 2.51. The second-order valence-electron chi connectivity index (χ2n) is 18.6. The van der Waals surface area contributed by atoms with E-state index in [1.807, 2.05) is 6.20 Å². The zero-order valence-electron chi connectivity index (χ0n) is 35.5. The number of benzene rings is 1. The number of amides is 2. The summed E-state index contributed by atoms with van der Waals surface area (Å²) >= 11 is 1.62. The molecule has 2 saturated carbocycles. The van der Waals surface area contributed by atoms with Crippen LogP contribution in [0.25, 0.3) is 33.3 Å². The van der Waals surface area contributed by atoms with Crippen molar-refractivity contribution in [1.82, 2.24) is 30.2 Å². The summed E-state index contributed by atoms with van der Waals surface area (Å²) in [6.45, 7) is 15.5. The number of rotatable bonds is 7. The van der Waals surface area contributed by atoms with Gasteiger partial charge < -0.3 is 29.2 Å². The Kier molecular flexibility index (Phi) is 10.6. The van der Waals surface area contributed by atoms with Crippen LogP contribution in [0.5, 0.6) is 0 Å². The summed E-state index contributed by atoms with van der Waals surface area (Å²) in [5.74, 6) is -0.261. The van der Waals surface area contributed by atoms with E-state index in [9.17, 15) is 14.4 Å². The molecule has 10 rings (SSSR count). The van der Waals surface area contributed by atoms with Crippen molar-refractivity contribution in [3.05, 3.63) is 58.0 Å².